The lowest BCUT2D eigenvalue weighted by molar-refractivity contribution is 0.394. The summed E-state index contributed by atoms with van der Waals surface area (Å²) in [7, 11) is 0. The highest BCUT2D eigenvalue weighted by molar-refractivity contribution is 7.99. The number of nitrogens with zero attached hydrogens (tertiary/aromatic N) is 2. The zero-order chi connectivity index (χ0) is 12.3. The first-order chi connectivity index (χ1) is 8.17. The van der Waals surface area contributed by atoms with Gasteiger partial charge in [0.2, 0.25) is 0 Å². The topological polar surface area (TPSA) is 36.7 Å². The summed E-state index contributed by atoms with van der Waals surface area (Å²) in [6, 6.07) is 5.55. The summed E-state index contributed by atoms with van der Waals surface area (Å²) in [5.74, 6) is 0.802. The van der Waals surface area contributed by atoms with Crippen LogP contribution in [0.15, 0.2) is 17.2 Å². The maximum absolute atomic E-state index is 8.89. The Morgan fingerprint density at radius 2 is 2.29 bits per heavy atom. The van der Waals surface area contributed by atoms with Crippen LogP contribution in [-0.4, -0.2) is 10.2 Å². The van der Waals surface area contributed by atoms with Crippen LogP contribution in [-0.2, 0) is 0 Å². The minimum absolute atomic E-state index is 0.412. The SMILES string of the molecule is CC1CCCC(Sc2cc(C#N)cc(Cl)n2)C1. The molecular formula is C13H15ClN2S. The van der Waals surface area contributed by atoms with E-state index in [1.165, 1.54) is 25.7 Å². The van der Waals surface area contributed by atoms with Gasteiger partial charge < -0.3 is 0 Å². The van der Waals surface area contributed by atoms with Gasteiger partial charge in [0.05, 0.1) is 16.7 Å². The van der Waals surface area contributed by atoms with Crippen LogP contribution in [0.3, 0.4) is 0 Å². The number of halogens is 1. The Morgan fingerprint density at radius 1 is 1.47 bits per heavy atom. The molecule has 1 aromatic heterocycles. The van der Waals surface area contributed by atoms with Gasteiger partial charge in [-0.1, -0.05) is 31.4 Å². The molecule has 0 bridgehead atoms. The lowest BCUT2D eigenvalue weighted by Crippen LogP contribution is -2.15. The number of hydrogen-bond donors (Lipinski definition) is 0. The average Bonchev–Trinajstić information content (AvgIpc) is 2.28. The summed E-state index contributed by atoms with van der Waals surface area (Å²) in [6.07, 6.45) is 5.11. The molecule has 1 fully saturated rings. The van der Waals surface area contributed by atoms with Crippen LogP contribution in [0.25, 0.3) is 0 Å². The molecule has 4 heteroatoms. The molecule has 0 spiro atoms. The fraction of sp³-hybridized carbons (Fsp3) is 0.538. The Labute approximate surface area is 111 Å². The Hall–Kier alpha value is -0.720. The Balaban J connectivity index is 2.07. The first kappa shape index (κ1) is 12.7. The molecule has 1 aliphatic rings. The third-order valence-corrected chi connectivity index (χ3v) is 4.48. The lowest BCUT2D eigenvalue weighted by Gasteiger charge is -2.25. The van der Waals surface area contributed by atoms with Gasteiger partial charge in [0.15, 0.2) is 0 Å². The molecule has 1 heterocycles. The van der Waals surface area contributed by atoms with E-state index in [1.807, 2.05) is 6.07 Å². The second kappa shape index (κ2) is 5.75. The zero-order valence-electron chi connectivity index (χ0n) is 9.82. The van der Waals surface area contributed by atoms with Gasteiger partial charge in [-0.3, -0.25) is 0 Å². The molecule has 0 aliphatic heterocycles. The van der Waals surface area contributed by atoms with E-state index in [0.717, 1.165) is 10.9 Å². The second-order valence-electron chi connectivity index (χ2n) is 4.64. The molecule has 0 amide bonds. The largest absolute Gasteiger partial charge is 0.230 e. The van der Waals surface area contributed by atoms with Crippen LogP contribution < -0.4 is 0 Å². The third kappa shape index (κ3) is 3.62. The van der Waals surface area contributed by atoms with Crippen LogP contribution in [0.2, 0.25) is 5.15 Å². The predicted octanol–water partition coefficient (Wildman–Crippen LogP) is 4.28. The van der Waals surface area contributed by atoms with Crippen LogP contribution in [0, 0.1) is 17.2 Å². The van der Waals surface area contributed by atoms with Crippen molar-refractivity contribution in [2.24, 2.45) is 5.92 Å². The standard InChI is InChI=1S/C13H15ClN2S/c1-9-3-2-4-11(5-9)17-13-7-10(8-15)6-12(14)16-13/h6-7,9,11H,2-5H2,1H3. The fourth-order valence-electron chi connectivity index (χ4n) is 2.25. The van der Waals surface area contributed by atoms with E-state index >= 15 is 0 Å². The predicted molar refractivity (Wildman–Crippen MR) is 71.2 cm³/mol. The molecule has 1 aromatic rings. The van der Waals surface area contributed by atoms with Crippen molar-refractivity contribution in [2.75, 3.05) is 0 Å². The monoisotopic (exact) mass is 266 g/mol. The first-order valence-electron chi connectivity index (χ1n) is 5.91. The number of pyridine rings is 1. The summed E-state index contributed by atoms with van der Waals surface area (Å²) in [6.45, 7) is 2.30. The van der Waals surface area contributed by atoms with Gasteiger partial charge in [-0.05, 0) is 30.9 Å². The van der Waals surface area contributed by atoms with E-state index < -0.39 is 0 Å². The molecule has 0 saturated heterocycles. The van der Waals surface area contributed by atoms with Gasteiger partial charge in [0.25, 0.3) is 0 Å². The molecule has 90 valence electrons. The zero-order valence-corrected chi connectivity index (χ0v) is 11.4. The number of hydrogen-bond acceptors (Lipinski definition) is 3. The van der Waals surface area contributed by atoms with E-state index in [4.69, 9.17) is 16.9 Å². The van der Waals surface area contributed by atoms with Gasteiger partial charge in [0, 0.05) is 5.25 Å². The van der Waals surface area contributed by atoms with Gasteiger partial charge in [-0.2, -0.15) is 5.26 Å². The van der Waals surface area contributed by atoms with Crippen molar-refractivity contribution < 1.29 is 0 Å². The third-order valence-electron chi connectivity index (χ3n) is 3.08. The fourth-order valence-corrected chi connectivity index (χ4v) is 3.91. The molecule has 1 aliphatic carbocycles. The minimum atomic E-state index is 0.412. The van der Waals surface area contributed by atoms with Crippen molar-refractivity contribution in [3.8, 4) is 6.07 Å². The summed E-state index contributed by atoms with van der Waals surface area (Å²) in [4.78, 5) is 4.28. The highest BCUT2D eigenvalue weighted by atomic mass is 35.5. The normalized spacial score (nSPS) is 24.3. The number of aromatic nitrogens is 1. The number of thioether (sulfide) groups is 1. The summed E-state index contributed by atoms with van der Waals surface area (Å²) in [5, 5.41) is 10.8. The first-order valence-corrected chi connectivity index (χ1v) is 7.17. The lowest BCUT2D eigenvalue weighted by atomic mass is 9.91. The van der Waals surface area contributed by atoms with Crippen molar-refractivity contribution in [1.29, 1.82) is 5.26 Å². The van der Waals surface area contributed by atoms with Crippen molar-refractivity contribution in [3.05, 3.63) is 22.8 Å². The molecule has 0 aromatic carbocycles. The van der Waals surface area contributed by atoms with Crippen LogP contribution in [0.4, 0.5) is 0 Å². The minimum Gasteiger partial charge on any atom is -0.230 e. The number of rotatable bonds is 2. The van der Waals surface area contributed by atoms with Gasteiger partial charge in [-0.25, -0.2) is 4.98 Å². The van der Waals surface area contributed by atoms with E-state index in [9.17, 15) is 0 Å². The molecule has 2 unspecified atom stereocenters. The van der Waals surface area contributed by atoms with Crippen LogP contribution >= 0.6 is 23.4 Å². The van der Waals surface area contributed by atoms with Crippen molar-refractivity contribution in [1.82, 2.24) is 4.98 Å². The highest BCUT2D eigenvalue weighted by Gasteiger charge is 2.20. The number of nitriles is 1. The second-order valence-corrected chi connectivity index (χ2v) is 6.35. The van der Waals surface area contributed by atoms with Crippen molar-refractivity contribution in [3.63, 3.8) is 0 Å². The molecule has 2 atom stereocenters. The maximum Gasteiger partial charge on any atom is 0.131 e. The summed E-state index contributed by atoms with van der Waals surface area (Å²) < 4.78 is 0. The molecule has 0 N–H and O–H groups in total. The summed E-state index contributed by atoms with van der Waals surface area (Å²) >= 11 is 7.66. The van der Waals surface area contributed by atoms with Gasteiger partial charge in [0.1, 0.15) is 5.15 Å². The Bertz CT molecular complexity index is 442. The quantitative estimate of drug-likeness (QED) is 0.750. The van der Waals surface area contributed by atoms with Gasteiger partial charge in [-0.15, -0.1) is 11.8 Å². The van der Waals surface area contributed by atoms with E-state index in [-0.39, 0.29) is 0 Å². The molecule has 2 nitrogen and oxygen atoms in total. The Kier molecular flexibility index (Phi) is 4.31. The van der Waals surface area contributed by atoms with E-state index in [0.29, 0.717) is 16.0 Å². The van der Waals surface area contributed by atoms with Gasteiger partial charge >= 0.3 is 0 Å². The molecule has 17 heavy (non-hydrogen) atoms. The molecular weight excluding hydrogens is 252 g/mol. The smallest absolute Gasteiger partial charge is 0.131 e. The van der Waals surface area contributed by atoms with Crippen LogP contribution in [0.1, 0.15) is 38.2 Å². The average molecular weight is 267 g/mol. The molecule has 0 radical (unpaired) electrons. The van der Waals surface area contributed by atoms with Crippen LogP contribution in [0.5, 0.6) is 0 Å². The Morgan fingerprint density at radius 3 is 3.00 bits per heavy atom. The van der Waals surface area contributed by atoms with Crippen molar-refractivity contribution in [2.45, 2.75) is 42.9 Å². The highest BCUT2D eigenvalue weighted by Crippen LogP contribution is 2.35. The van der Waals surface area contributed by atoms with E-state index in [2.05, 4.69) is 18.0 Å². The summed E-state index contributed by atoms with van der Waals surface area (Å²) in [5.41, 5.74) is 0.594. The van der Waals surface area contributed by atoms with E-state index in [1.54, 1.807) is 17.8 Å². The molecule has 1 saturated carbocycles. The molecule has 2 rings (SSSR count). The van der Waals surface area contributed by atoms with Crippen molar-refractivity contribution >= 4 is 23.4 Å². The maximum atomic E-state index is 8.89.